The van der Waals surface area contributed by atoms with Gasteiger partial charge in [-0.3, -0.25) is 4.79 Å². The predicted molar refractivity (Wildman–Crippen MR) is 40.9 cm³/mol. The summed E-state index contributed by atoms with van der Waals surface area (Å²) in [5, 5.41) is 9.59. The summed E-state index contributed by atoms with van der Waals surface area (Å²) in [5.74, 6) is -0.0771. The molecular formula is C9H8O2. The minimum Gasteiger partial charge on any atom is -0.374 e. The predicted octanol–water partition coefficient (Wildman–Crippen LogP) is 0.599. The van der Waals surface area contributed by atoms with E-state index in [1.165, 1.54) is 6.08 Å². The van der Waals surface area contributed by atoms with E-state index in [0.29, 0.717) is 0 Å². The summed E-state index contributed by atoms with van der Waals surface area (Å²) in [7, 11) is 0. The minimum absolute atomic E-state index is 0.182. The zero-order valence-electron chi connectivity index (χ0n) is 5.90. The summed E-state index contributed by atoms with van der Waals surface area (Å²) in [5.41, 5.74) is -1.36. The molecule has 11 heavy (non-hydrogen) atoms. The van der Waals surface area contributed by atoms with Crippen LogP contribution in [-0.4, -0.2) is 16.5 Å². The Morgan fingerprint density at radius 3 is 2.55 bits per heavy atom. The number of rotatable bonds is 0. The Morgan fingerprint density at radius 1 is 1.27 bits per heavy atom. The largest absolute Gasteiger partial charge is 0.374 e. The van der Waals surface area contributed by atoms with Crippen molar-refractivity contribution in [3.63, 3.8) is 0 Å². The molecule has 3 aliphatic rings. The number of carbonyl (C=O) groups excluding carboxylic acids is 1. The second-order valence-corrected chi connectivity index (χ2v) is 2.84. The third-order valence-electron chi connectivity index (χ3n) is 2.01. The average Bonchev–Trinajstić information content (AvgIpc) is 2.22. The van der Waals surface area contributed by atoms with Crippen LogP contribution in [0.15, 0.2) is 36.5 Å². The Balaban J connectivity index is 2.54. The third kappa shape index (κ3) is 0.870. The van der Waals surface area contributed by atoms with Gasteiger partial charge in [-0.05, 0) is 18.2 Å². The van der Waals surface area contributed by atoms with Gasteiger partial charge in [0.2, 0.25) is 0 Å². The first-order chi connectivity index (χ1) is 5.21. The number of aliphatic hydroxyl groups is 1. The Morgan fingerprint density at radius 2 is 1.91 bits per heavy atom. The highest BCUT2D eigenvalue weighted by molar-refractivity contribution is 6.01. The average molecular weight is 148 g/mol. The van der Waals surface area contributed by atoms with Crippen molar-refractivity contribution < 1.29 is 9.90 Å². The zero-order chi connectivity index (χ0) is 7.90. The van der Waals surface area contributed by atoms with Crippen LogP contribution in [0.2, 0.25) is 0 Å². The van der Waals surface area contributed by atoms with Crippen LogP contribution in [0.1, 0.15) is 0 Å². The molecule has 0 atom stereocenters. The van der Waals surface area contributed by atoms with Crippen LogP contribution in [0.3, 0.4) is 0 Å². The lowest BCUT2D eigenvalue weighted by molar-refractivity contribution is -0.124. The molecule has 2 heteroatoms. The SMILES string of the molecule is O=C1C=CC2C=CC1(O)C=C2. The molecule has 0 aliphatic heterocycles. The van der Waals surface area contributed by atoms with Gasteiger partial charge in [0.25, 0.3) is 0 Å². The molecule has 0 aromatic heterocycles. The molecule has 1 N–H and O–H groups in total. The van der Waals surface area contributed by atoms with E-state index in [1.54, 1.807) is 18.2 Å². The normalized spacial score (nSPS) is 39.7. The highest BCUT2D eigenvalue weighted by atomic mass is 16.3. The maximum absolute atomic E-state index is 11.2. The fourth-order valence-electron chi connectivity index (χ4n) is 1.26. The summed E-state index contributed by atoms with van der Waals surface area (Å²) in [6, 6.07) is 0. The number of allylic oxidation sites excluding steroid dienone is 3. The molecule has 0 aromatic rings. The van der Waals surface area contributed by atoms with Crippen molar-refractivity contribution in [2.45, 2.75) is 5.60 Å². The highest BCUT2D eigenvalue weighted by Crippen LogP contribution is 2.24. The smallest absolute Gasteiger partial charge is 0.194 e. The zero-order valence-corrected chi connectivity index (χ0v) is 5.90. The molecule has 0 saturated carbocycles. The van der Waals surface area contributed by atoms with Crippen molar-refractivity contribution in [1.29, 1.82) is 0 Å². The van der Waals surface area contributed by atoms with Gasteiger partial charge < -0.3 is 5.11 Å². The molecule has 0 unspecified atom stereocenters. The van der Waals surface area contributed by atoms with E-state index in [9.17, 15) is 9.90 Å². The summed E-state index contributed by atoms with van der Waals surface area (Å²) < 4.78 is 0. The first-order valence-electron chi connectivity index (χ1n) is 3.54. The fourth-order valence-corrected chi connectivity index (χ4v) is 1.26. The van der Waals surface area contributed by atoms with E-state index in [1.807, 2.05) is 12.2 Å². The van der Waals surface area contributed by atoms with Crippen LogP contribution >= 0.6 is 0 Å². The van der Waals surface area contributed by atoms with Crippen LogP contribution in [0, 0.1) is 5.92 Å². The van der Waals surface area contributed by atoms with Gasteiger partial charge in [-0.2, -0.15) is 0 Å². The monoisotopic (exact) mass is 148 g/mol. The first-order valence-corrected chi connectivity index (χ1v) is 3.54. The highest BCUT2D eigenvalue weighted by Gasteiger charge is 2.32. The van der Waals surface area contributed by atoms with Crippen molar-refractivity contribution in [2.24, 2.45) is 5.92 Å². The lowest BCUT2D eigenvalue weighted by atomic mass is 9.93. The van der Waals surface area contributed by atoms with Gasteiger partial charge >= 0.3 is 0 Å². The van der Waals surface area contributed by atoms with Gasteiger partial charge in [-0.1, -0.05) is 18.2 Å². The molecule has 56 valence electrons. The second-order valence-electron chi connectivity index (χ2n) is 2.84. The van der Waals surface area contributed by atoms with Crippen molar-refractivity contribution in [2.75, 3.05) is 0 Å². The maximum atomic E-state index is 11.2. The fraction of sp³-hybridized carbons (Fsp3) is 0.222. The van der Waals surface area contributed by atoms with E-state index >= 15 is 0 Å². The van der Waals surface area contributed by atoms with E-state index in [0.717, 1.165) is 0 Å². The van der Waals surface area contributed by atoms with E-state index in [-0.39, 0.29) is 11.7 Å². The Bertz CT molecular complexity index is 270. The van der Waals surface area contributed by atoms with Crippen molar-refractivity contribution >= 4 is 5.78 Å². The molecule has 3 rings (SSSR count). The van der Waals surface area contributed by atoms with Gasteiger partial charge in [0.05, 0.1) is 0 Å². The molecule has 0 amide bonds. The van der Waals surface area contributed by atoms with E-state index in [2.05, 4.69) is 0 Å². The topological polar surface area (TPSA) is 37.3 Å². The van der Waals surface area contributed by atoms with Crippen molar-refractivity contribution in [3.8, 4) is 0 Å². The molecule has 0 saturated heterocycles. The van der Waals surface area contributed by atoms with Crippen LogP contribution in [0.25, 0.3) is 0 Å². The van der Waals surface area contributed by atoms with E-state index in [4.69, 9.17) is 0 Å². The number of hydrogen-bond donors (Lipinski definition) is 1. The van der Waals surface area contributed by atoms with Crippen LogP contribution in [0.5, 0.6) is 0 Å². The van der Waals surface area contributed by atoms with Gasteiger partial charge in [0, 0.05) is 5.92 Å². The lowest BCUT2D eigenvalue weighted by Gasteiger charge is -2.18. The van der Waals surface area contributed by atoms with Crippen LogP contribution in [-0.2, 0) is 4.79 Å². The molecule has 0 radical (unpaired) electrons. The Labute approximate surface area is 64.5 Å². The second kappa shape index (κ2) is 1.92. The minimum atomic E-state index is -1.36. The summed E-state index contributed by atoms with van der Waals surface area (Å²) in [4.78, 5) is 11.2. The lowest BCUT2D eigenvalue weighted by Crippen LogP contribution is -2.32. The molecule has 0 heterocycles. The van der Waals surface area contributed by atoms with Gasteiger partial charge in [0.1, 0.15) is 0 Å². The van der Waals surface area contributed by atoms with Gasteiger partial charge in [0.15, 0.2) is 11.4 Å². The molecular weight excluding hydrogens is 140 g/mol. The molecule has 0 fully saturated rings. The van der Waals surface area contributed by atoms with Gasteiger partial charge in [-0.15, -0.1) is 0 Å². The summed E-state index contributed by atoms with van der Waals surface area (Å²) in [6.45, 7) is 0. The van der Waals surface area contributed by atoms with Gasteiger partial charge in [-0.25, -0.2) is 0 Å². The summed E-state index contributed by atoms with van der Waals surface area (Å²) in [6.07, 6.45) is 9.94. The third-order valence-corrected chi connectivity index (χ3v) is 2.01. The van der Waals surface area contributed by atoms with Crippen molar-refractivity contribution in [3.05, 3.63) is 36.5 Å². The molecule has 3 aliphatic carbocycles. The van der Waals surface area contributed by atoms with Crippen molar-refractivity contribution in [1.82, 2.24) is 0 Å². The maximum Gasteiger partial charge on any atom is 0.194 e. The number of carbonyl (C=O) groups is 1. The summed E-state index contributed by atoms with van der Waals surface area (Å²) >= 11 is 0. The molecule has 2 nitrogen and oxygen atoms in total. The molecule has 2 bridgehead atoms. The number of ketones is 1. The Hall–Kier alpha value is -1.15. The molecule has 0 aromatic carbocycles. The van der Waals surface area contributed by atoms with Crippen LogP contribution in [0.4, 0.5) is 0 Å². The standard InChI is InChI=1S/C9H8O2/c10-8-2-1-7-3-5-9(8,11)6-4-7/h1-7,11H. The van der Waals surface area contributed by atoms with E-state index < -0.39 is 5.60 Å². The first kappa shape index (κ1) is 6.55. The molecule has 0 spiro atoms. The van der Waals surface area contributed by atoms with Crippen LogP contribution < -0.4 is 0 Å². The quantitative estimate of drug-likeness (QED) is 0.511. The number of hydrogen-bond acceptors (Lipinski definition) is 2. The number of fused-ring (bicyclic) bond motifs is 1. The Kier molecular flexibility index (Phi) is 1.14.